The lowest BCUT2D eigenvalue weighted by Gasteiger charge is -2.06. The molecular weight excluding hydrogens is 296 g/mol. The number of halogens is 1. The third-order valence-electron chi connectivity index (χ3n) is 2.93. The van der Waals surface area contributed by atoms with Crippen molar-refractivity contribution in [1.29, 1.82) is 0 Å². The second-order valence-electron chi connectivity index (χ2n) is 4.87. The van der Waals surface area contributed by atoms with Crippen molar-refractivity contribution in [3.05, 3.63) is 38.4 Å². The van der Waals surface area contributed by atoms with Crippen molar-refractivity contribution in [2.75, 3.05) is 6.54 Å². The maximum atomic E-state index is 12.2. The molecule has 0 aliphatic carbocycles. The molecule has 0 saturated heterocycles. The zero-order chi connectivity index (χ0) is 14.7. The molecule has 0 atom stereocenters. The van der Waals surface area contributed by atoms with Gasteiger partial charge in [0.25, 0.3) is 5.91 Å². The number of aromatic nitrogens is 1. The van der Waals surface area contributed by atoms with Gasteiger partial charge >= 0.3 is 0 Å². The first-order valence-electron chi connectivity index (χ1n) is 6.47. The van der Waals surface area contributed by atoms with Gasteiger partial charge < -0.3 is 9.84 Å². The Kier molecular flexibility index (Phi) is 4.83. The van der Waals surface area contributed by atoms with Crippen molar-refractivity contribution in [3.8, 4) is 0 Å². The topological polar surface area (TPSA) is 55.1 Å². The Balaban J connectivity index is 1.97. The van der Waals surface area contributed by atoms with Crippen molar-refractivity contribution in [1.82, 2.24) is 10.5 Å². The molecule has 2 heterocycles. The molecule has 0 spiro atoms. The molecule has 6 heteroatoms. The standard InChI is InChI=1S/C14H17ClN2O2S/c1-8(2)13-12(9(3)17-19-13)14(18)16-7-6-10-4-5-11(15)20-10/h4-5,8H,6-7H2,1-3H3,(H,16,18). The molecule has 0 unspecified atom stereocenters. The fourth-order valence-electron chi connectivity index (χ4n) is 1.93. The molecule has 2 aromatic heterocycles. The second-order valence-corrected chi connectivity index (χ2v) is 6.67. The van der Waals surface area contributed by atoms with Crippen molar-refractivity contribution in [2.24, 2.45) is 0 Å². The molecular formula is C14H17ClN2O2S. The lowest BCUT2D eigenvalue weighted by Crippen LogP contribution is -2.26. The van der Waals surface area contributed by atoms with Crippen molar-refractivity contribution in [3.63, 3.8) is 0 Å². The van der Waals surface area contributed by atoms with Crippen LogP contribution in [0, 0.1) is 6.92 Å². The molecule has 4 nitrogen and oxygen atoms in total. The second kappa shape index (κ2) is 6.41. The number of carbonyl (C=O) groups excluding carboxylic acids is 1. The summed E-state index contributed by atoms with van der Waals surface area (Å²) in [5.41, 5.74) is 1.19. The Labute approximate surface area is 127 Å². The molecule has 0 aromatic carbocycles. The Morgan fingerprint density at radius 3 is 2.85 bits per heavy atom. The van der Waals surface area contributed by atoms with E-state index in [-0.39, 0.29) is 11.8 Å². The van der Waals surface area contributed by atoms with Gasteiger partial charge in [-0.05, 0) is 25.5 Å². The fourth-order valence-corrected chi connectivity index (χ4v) is 3.02. The summed E-state index contributed by atoms with van der Waals surface area (Å²) in [5.74, 6) is 0.641. The summed E-state index contributed by atoms with van der Waals surface area (Å²) in [4.78, 5) is 13.4. The van der Waals surface area contributed by atoms with Gasteiger partial charge in [0, 0.05) is 17.3 Å². The first-order valence-corrected chi connectivity index (χ1v) is 7.67. The number of hydrogen-bond donors (Lipinski definition) is 1. The molecule has 0 aliphatic rings. The molecule has 0 fully saturated rings. The summed E-state index contributed by atoms with van der Waals surface area (Å²) in [5, 5.41) is 6.78. The van der Waals surface area contributed by atoms with Crippen LogP contribution in [0.1, 0.15) is 46.5 Å². The van der Waals surface area contributed by atoms with Gasteiger partial charge in [-0.1, -0.05) is 30.6 Å². The van der Waals surface area contributed by atoms with Crippen LogP contribution in [0.5, 0.6) is 0 Å². The van der Waals surface area contributed by atoms with Crippen molar-refractivity contribution >= 4 is 28.8 Å². The quantitative estimate of drug-likeness (QED) is 0.913. The van der Waals surface area contributed by atoms with Gasteiger partial charge in [-0.15, -0.1) is 11.3 Å². The number of aryl methyl sites for hydroxylation is 1. The minimum atomic E-state index is -0.130. The van der Waals surface area contributed by atoms with E-state index in [1.54, 1.807) is 6.92 Å². The van der Waals surface area contributed by atoms with Gasteiger partial charge in [-0.25, -0.2) is 0 Å². The van der Waals surface area contributed by atoms with Crippen LogP contribution in [0.4, 0.5) is 0 Å². The van der Waals surface area contributed by atoms with E-state index in [2.05, 4.69) is 10.5 Å². The number of rotatable bonds is 5. The number of hydrogen-bond acceptors (Lipinski definition) is 4. The molecule has 1 amide bonds. The van der Waals surface area contributed by atoms with Crippen LogP contribution >= 0.6 is 22.9 Å². The SMILES string of the molecule is Cc1noc(C(C)C)c1C(=O)NCCc1ccc(Cl)s1. The fraction of sp³-hybridized carbons (Fsp3) is 0.429. The van der Waals surface area contributed by atoms with Crippen LogP contribution in [0.3, 0.4) is 0 Å². The smallest absolute Gasteiger partial charge is 0.256 e. The van der Waals surface area contributed by atoms with E-state index in [1.807, 2.05) is 26.0 Å². The molecule has 2 rings (SSSR count). The highest BCUT2D eigenvalue weighted by Gasteiger charge is 2.22. The first-order chi connectivity index (χ1) is 9.49. The van der Waals surface area contributed by atoms with Crippen LogP contribution in [0.2, 0.25) is 4.34 Å². The lowest BCUT2D eigenvalue weighted by molar-refractivity contribution is 0.0951. The zero-order valence-corrected chi connectivity index (χ0v) is 13.3. The normalized spacial score (nSPS) is 11.1. The number of amides is 1. The molecule has 0 bridgehead atoms. The Morgan fingerprint density at radius 1 is 1.50 bits per heavy atom. The third kappa shape index (κ3) is 3.41. The molecule has 0 saturated carbocycles. The van der Waals surface area contributed by atoms with Gasteiger partial charge in [0.05, 0.1) is 10.0 Å². The molecule has 1 N–H and O–H groups in total. The number of nitrogens with one attached hydrogen (secondary N) is 1. The highest BCUT2D eigenvalue weighted by atomic mass is 35.5. The number of carbonyl (C=O) groups is 1. The summed E-state index contributed by atoms with van der Waals surface area (Å²) >= 11 is 7.40. The molecule has 2 aromatic rings. The van der Waals surface area contributed by atoms with Crippen molar-refractivity contribution in [2.45, 2.75) is 33.1 Å². The van der Waals surface area contributed by atoms with Crippen LogP contribution in [-0.4, -0.2) is 17.6 Å². The van der Waals surface area contributed by atoms with E-state index in [0.717, 1.165) is 15.6 Å². The molecule has 20 heavy (non-hydrogen) atoms. The highest BCUT2D eigenvalue weighted by molar-refractivity contribution is 7.16. The lowest BCUT2D eigenvalue weighted by atomic mass is 10.0. The predicted molar refractivity (Wildman–Crippen MR) is 80.7 cm³/mol. The van der Waals surface area contributed by atoms with E-state index < -0.39 is 0 Å². The monoisotopic (exact) mass is 312 g/mol. The van der Waals surface area contributed by atoms with Crippen LogP contribution in [0.15, 0.2) is 16.7 Å². The predicted octanol–water partition coefficient (Wildman–Crippen LogP) is 3.79. The maximum Gasteiger partial charge on any atom is 0.256 e. The summed E-state index contributed by atoms with van der Waals surface area (Å²) < 4.78 is 5.99. The third-order valence-corrected chi connectivity index (χ3v) is 4.22. The van der Waals surface area contributed by atoms with E-state index >= 15 is 0 Å². The average molecular weight is 313 g/mol. The van der Waals surface area contributed by atoms with Gasteiger partial charge in [0.1, 0.15) is 5.56 Å². The Morgan fingerprint density at radius 2 is 2.25 bits per heavy atom. The van der Waals surface area contributed by atoms with Crippen molar-refractivity contribution < 1.29 is 9.32 Å². The van der Waals surface area contributed by atoms with Crippen LogP contribution in [0.25, 0.3) is 0 Å². The zero-order valence-electron chi connectivity index (χ0n) is 11.7. The van der Waals surface area contributed by atoms with Gasteiger partial charge in [-0.2, -0.15) is 0 Å². The van der Waals surface area contributed by atoms with Gasteiger partial charge in [-0.3, -0.25) is 4.79 Å². The molecule has 0 radical (unpaired) electrons. The van der Waals surface area contributed by atoms with E-state index in [1.165, 1.54) is 11.3 Å². The van der Waals surface area contributed by atoms with Gasteiger partial charge in [0.15, 0.2) is 5.76 Å². The summed E-state index contributed by atoms with van der Waals surface area (Å²) in [6, 6.07) is 3.84. The minimum Gasteiger partial charge on any atom is -0.360 e. The molecule has 108 valence electrons. The summed E-state index contributed by atoms with van der Waals surface area (Å²) in [7, 11) is 0. The van der Waals surface area contributed by atoms with Crippen LogP contribution in [-0.2, 0) is 6.42 Å². The summed E-state index contributed by atoms with van der Waals surface area (Å²) in [6.45, 7) is 6.30. The Hall–Kier alpha value is -1.33. The van der Waals surface area contributed by atoms with E-state index in [0.29, 0.717) is 23.6 Å². The average Bonchev–Trinajstić information content (AvgIpc) is 2.95. The highest BCUT2D eigenvalue weighted by Crippen LogP contribution is 2.23. The summed E-state index contributed by atoms with van der Waals surface area (Å²) in [6.07, 6.45) is 0.768. The van der Waals surface area contributed by atoms with E-state index in [4.69, 9.17) is 16.1 Å². The number of nitrogens with zero attached hydrogens (tertiary/aromatic N) is 1. The van der Waals surface area contributed by atoms with Crippen LogP contribution < -0.4 is 5.32 Å². The maximum absolute atomic E-state index is 12.2. The Bertz CT molecular complexity index is 604. The van der Waals surface area contributed by atoms with Gasteiger partial charge in [0.2, 0.25) is 0 Å². The van der Waals surface area contributed by atoms with E-state index in [9.17, 15) is 4.79 Å². The first kappa shape index (κ1) is 15.1. The molecule has 0 aliphatic heterocycles. The number of thiophene rings is 1. The largest absolute Gasteiger partial charge is 0.360 e. The minimum absolute atomic E-state index is 0.130.